The number of ether oxygens (including phenoxy) is 2. The van der Waals surface area contributed by atoms with Gasteiger partial charge in [-0.25, -0.2) is 4.79 Å². The van der Waals surface area contributed by atoms with Crippen LogP contribution in [0.5, 0.6) is 0 Å². The van der Waals surface area contributed by atoms with Gasteiger partial charge in [0.2, 0.25) is 0 Å². The molecule has 5 nitrogen and oxygen atoms in total. The minimum Gasteiger partial charge on any atom is -0.462 e. The van der Waals surface area contributed by atoms with E-state index >= 15 is 0 Å². The number of nitriles is 1. The first kappa shape index (κ1) is 12.5. The molecule has 94 valence electrons. The fraction of sp³-hybridized carbons (Fsp3) is 0.462. The van der Waals surface area contributed by atoms with E-state index in [4.69, 9.17) is 9.47 Å². The smallest absolute Gasteiger partial charge is 0.339 e. The van der Waals surface area contributed by atoms with Gasteiger partial charge in [0.05, 0.1) is 30.5 Å². The molecule has 0 bridgehead atoms. The Labute approximate surface area is 105 Å². The molecule has 1 fully saturated rings. The topological polar surface area (TPSA) is 72.2 Å². The third-order valence-electron chi connectivity index (χ3n) is 3.00. The number of hydrogen-bond donors (Lipinski definition) is 0. The van der Waals surface area contributed by atoms with Crippen molar-refractivity contribution in [2.45, 2.75) is 18.8 Å². The predicted octanol–water partition coefficient (Wildman–Crippen LogP) is 1.44. The van der Waals surface area contributed by atoms with E-state index in [0.29, 0.717) is 37.5 Å². The van der Waals surface area contributed by atoms with Crippen LogP contribution in [0.25, 0.3) is 0 Å². The molecule has 2 rings (SSSR count). The van der Waals surface area contributed by atoms with Crippen LogP contribution in [0.4, 0.5) is 0 Å². The van der Waals surface area contributed by atoms with Crippen molar-refractivity contribution in [2.75, 3.05) is 19.8 Å². The molecule has 1 aliphatic rings. The van der Waals surface area contributed by atoms with Crippen molar-refractivity contribution in [1.29, 1.82) is 5.26 Å². The molecule has 0 radical (unpaired) electrons. The van der Waals surface area contributed by atoms with Crippen molar-refractivity contribution in [2.24, 2.45) is 0 Å². The Hall–Kier alpha value is -1.93. The molecule has 2 heterocycles. The fourth-order valence-electron chi connectivity index (χ4n) is 1.92. The monoisotopic (exact) mass is 246 g/mol. The largest absolute Gasteiger partial charge is 0.462 e. The van der Waals surface area contributed by atoms with Gasteiger partial charge in [0, 0.05) is 12.8 Å². The standard InChI is InChI=1S/C13H14N2O3/c1-2-18-12(16)10-3-4-11(15-7-10)13(8-14)5-6-17-9-13/h3-4,7H,2,5-6,9H2,1H3. The van der Waals surface area contributed by atoms with Crippen LogP contribution in [0.15, 0.2) is 18.3 Å². The van der Waals surface area contributed by atoms with Crippen molar-refractivity contribution >= 4 is 5.97 Å². The van der Waals surface area contributed by atoms with Gasteiger partial charge in [-0.2, -0.15) is 5.26 Å². The first-order valence-corrected chi connectivity index (χ1v) is 5.84. The molecular weight excluding hydrogens is 232 g/mol. The van der Waals surface area contributed by atoms with E-state index in [9.17, 15) is 10.1 Å². The van der Waals surface area contributed by atoms with Gasteiger partial charge in [0.25, 0.3) is 0 Å². The van der Waals surface area contributed by atoms with Crippen LogP contribution in [0.3, 0.4) is 0 Å². The third-order valence-corrected chi connectivity index (χ3v) is 3.00. The van der Waals surface area contributed by atoms with Gasteiger partial charge < -0.3 is 9.47 Å². The Bertz CT molecular complexity index is 470. The summed E-state index contributed by atoms with van der Waals surface area (Å²) in [5.74, 6) is -0.398. The molecule has 1 saturated heterocycles. The van der Waals surface area contributed by atoms with Crippen molar-refractivity contribution in [3.63, 3.8) is 0 Å². The molecule has 1 aromatic heterocycles. The Morgan fingerprint density at radius 2 is 2.50 bits per heavy atom. The summed E-state index contributed by atoms with van der Waals surface area (Å²) >= 11 is 0. The fourth-order valence-corrected chi connectivity index (χ4v) is 1.92. The number of carbonyl (C=O) groups is 1. The van der Waals surface area contributed by atoms with Gasteiger partial charge in [-0.05, 0) is 25.5 Å². The summed E-state index contributed by atoms with van der Waals surface area (Å²) in [7, 11) is 0. The minimum absolute atomic E-state index is 0.330. The number of esters is 1. The number of aromatic nitrogens is 1. The molecular formula is C13H14N2O3. The van der Waals surface area contributed by atoms with Gasteiger partial charge in [-0.15, -0.1) is 0 Å². The quantitative estimate of drug-likeness (QED) is 0.754. The predicted molar refractivity (Wildman–Crippen MR) is 62.9 cm³/mol. The molecule has 0 spiro atoms. The summed E-state index contributed by atoms with van der Waals surface area (Å²) in [6.07, 6.45) is 2.08. The molecule has 1 aliphatic heterocycles. The molecule has 1 atom stereocenters. The van der Waals surface area contributed by atoms with Crippen molar-refractivity contribution < 1.29 is 14.3 Å². The van der Waals surface area contributed by atoms with E-state index in [1.807, 2.05) is 0 Å². The molecule has 18 heavy (non-hydrogen) atoms. The minimum atomic E-state index is -0.673. The summed E-state index contributed by atoms with van der Waals surface area (Å²) in [6, 6.07) is 5.60. The van der Waals surface area contributed by atoms with Gasteiger partial charge >= 0.3 is 5.97 Å². The highest BCUT2D eigenvalue weighted by Gasteiger charge is 2.38. The lowest BCUT2D eigenvalue weighted by Gasteiger charge is -2.17. The van der Waals surface area contributed by atoms with Gasteiger partial charge in [-0.3, -0.25) is 4.98 Å². The maximum Gasteiger partial charge on any atom is 0.339 e. The normalized spacial score (nSPS) is 22.4. The van der Waals surface area contributed by atoms with Crippen LogP contribution in [-0.2, 0) is 14.9 Å². The summed E-state index contributed by atoms with van der Waals surface area (Å²) in [5.41, 5.74) is 0.371. The molecule has 0 saturated carbocycles. The van der Waals surface area contributed by atoms with Gasteiger partial charge in [-0.1, -0.05) is 0 Å². The Morgan fingerprint density at radius 3 is 3.00 bits per heavy atom. The number of rotatable bonds is 3. The second-order valence-electron chi connectivity index (χ2n) is 4.15. The van der Waals surface area contributed by atoms with E-state index in [1.165, 1.54) is 6.20 Å². The molecule has 0 aromatic carbocycles. The lowest BCUT2D eigenvalue weighted by molar-refractivity contribution is 0.0526. The Balaban J connectivity index is 2.22. The van der Waals surface area contributed by atoms with Crippen LogP contribution in [0, 0.1) is 11.3 Å². The Kier molecular flexibility index (Phi) is 3.58. The maximum atomic E-state index is 11.5. The van der Waals surface area contributed by atoms with Crippen molar-refractivity contribution in [3.05, 3.63) is 29.6 Å². The van der Waals surface area contributed by atoms with Crippen molar-refractivity contribution in [1.82, 2.24) is 4.98 Å². The highest BCUT2D eigenvalue weighted by molar-refractivity contribution is 5.88. The Morgan fingerprint density at radius 1 is 1.67 bits per heavy atom. The second kappa shape index (κ2) is 5.15. The summed E-state index contributed by atoms with van der Waals surface area (Å²) in [4.78, 5) is 15.7. The molecule has 1 aromatic rings. The van der Waals surface area contributed by atoms with Gasteiger partial charge in [0.1, 0.15) is 5.41 Å². The summed E-state index contributed by atoms with van der Waals surface area (Å²) < 4.78 is 10.1. The number of hydrogen-bond acceptors (Lipinski definition) is 5. The van der Waals surface area contributed by atoms with E-state index in [0.717, 1.165) is 0 Å². The van der Waals surface area contributed by atoms with Crippen LogP contribution in [0.2, 0.25) is 0 Å². The molecule has 0 amide bonds. The number of nitrogens with zero attached hydrogens (tertiary/aromatic N) is 2. The molecule has 1 unspecified atom stereocenters. The molecule has 5 heteroatoms. The van der Waals surface area contributed by atoms with Crippen LogP contribution >= 0.6 is 0 Å². The average molecular weight is 246 g/mol. The van der Waals surface area contributed by atoms with Crippen molar-refractivity contribution in [3.8, 4) is 6.07 Å². The van der Waals surface area contributed by atoms with Gasteiger partial charge in [0.15, 0.2) is 0 Å². The number of carbonyl (C=O) groups excluding carboxylic acids is 1. The summed E-state index contributed by atoms with van der Waals surface area (Å²) in [6.45, 7) is 3.00. The lowest BCUT2D eigenvalue weighted by atomic mass is 9.85. The SMILES string of the molecule is CCOC(=O)c1ccc(C2(C#N)CCOC2)nc1. The van der Waals surface area contributed by atoms with E-state index < -0.39 is 11.4 Å². The van der Waals surface area contributed by atoms with E-state index in [2.05, 4.69) is 11.1 Å². The van der Waals surface area contributed by atoms with Crippen LogP contribution in [0.1, 0.15) is 29.4 Å². The highest BCUT2D eigenvalue weighted by atomic mass is 16.5. The lowest BCUT2D eigenvalue weighted by Crippen LogP contribution is -2.25. The zero-order chi connectivity index (χ0) is 13.0. The number of pyridine rings is 1. The first-order chi connectivity index (χ1) is 8.72. The average Bonchev–Trinajstić information content (AvgIpc) is 2.89. The van der Waals surface area contributed by atoms with E-state index in [-0.39, 0.29) is 0 Å². The maximum absolute atomic E-state index is 11.5. The zero-order valence-electron chi connectivity index (χ0n) is 10.2. The zero-order valence-corrected chi connectivity index (χ0v) is 10.2. The summed E-state index contributed by atoms with van der Waals surface area (Å²) in [5, 5.41) is 9.27. The van der Waals surface area contributed by atoms with Crippen LogP contribution in [-0.4, -0.2) is 30.8 Å². The van der Waals surface area contributed by atoms with Crippen LogP contribution < -0.4 is 0 Å². The highest BCUT2D eigenvalue weighted by Crippen LogP contribution is 2.31. The third kappa shape index (κ3) is 2.20. The van der Waals surface area contributed by atoms with E-state index in [1.54, 1.807) is 19.1 Å². The molecule has 0 aliphatic carbocycles. The molecule has 0 N–H and O–H groups in total. The first-order valence-electron chi connectivity index (χ1n) is 5.84. The second-order valence-corrected chi connectivity index (χ2v) is 4.15.